The van der Waals surface area contributed by atoms with E-state index in [1.165, 1.54) is 4.90 Å². The molecule has 122 valence electrons. The van der Waals surface area contributed by atoms with Crippen LogP contribution in [0.2, 0.25) is 0 Å². The Kier molecular flexibility index (Phi) is 6.45. The van der Waals surface area contributed by atoms with Gasteiger partial charge < -0.3 is 10.2 Å². The van der Waals surface area contributed by atoms with Crippen LogP contribution in [0.25, 0.3) is 0 Å². The normalized spacial score (nSPS) is 17.4. The Balaban J connectivity index is 0.00000192. The van der Waals surface area contributed by atoms with Crippen molar-refractivity contribution in [2.45, 2.75) is 10.9 Å². The number of thioether (sulfide) groups is 1. The molecule has 1 N–H and O–H groups in total. The maximum absolute atomic E-state index is 12.9. The first-order valence-electron chi connectivity index (χ1n) is 7.35. The zero-order valence-corrected chi connectivity index (χ0v) is 14.6. The Hall–Kier alpha value is -1.56. The summed E-state index contributed by atoms with van der Waals surface area (Å²) in [6.45, 7) is 2.30. The molecule has 1 fully saturated rings. The summed E-state index contributed by atoms with van der Waals surface area (Å²) in [6, 6.07) is 11.8. The van der Waals surface area contributed by atoms with Crippen molar-refractivity contribution in [3.05, 3.63) is 59.9 Å². The maximum atomic E-state index is 12.9. The van der Waals surface area contributed by atoms with E-state index in [1.54, 1.807) is 18.0 Å². The van der Waals surface area contributed by atoms with Gasteiger partial charge in [-0.3, -0.25) is 9.78 Å². The third-order valence-corrected chi connectivity index (χ3v) is 4.65. The van der Waals surface area contributed by atoms with Crippen molar-refractivity contribution in [1.29, 1.82) is 0 Å². The van der Waals surface area contributed by atoms with Gasteiger partial charge in [0.25, 0.3) is 5.91 Å². The summed E-state index contributed by atoms with van der Waals surface area (Å²) in [5, 5.41) is 3.36. The molecule has 6 heteroatoms. The Morgan fingerprint density at radius 2 is 2.09 bits per heavy atom. The van der Waals surface area contributed by atoms with E-state index in [-0.39, 0.29) is 24.4 Å². The highest BCUT2D eigenvalue weighted by atomic mass is 35.5. The van der Waals surface area contributed by atoms with Crippen molar-refractivity contribution in [3.8, 4) is 0 Å². The standard InChI is InChI=1S/C17H19N3OS.ClH/c1-22-15-6-4-13(5-7-15)17(21)20-10-9-19-12-16(20)14-3-2-8-18-11-14;/h2-8,11,16,19H,9-10,12H2,1H3;1H. The van der Waals surface area contributed by atoms with Crippen LogP contribution in [0.1, 0.15) is 22.0 Å². The third-order valence-electron chi connectivity index (χ3n) is 3.91. The number of hydrogen-bond acceptors (Lipinski definition) is 4. The summed E-state index contributed by atoms with van der Waals surface area (Å²) in [7, 11) is 0. The van der Waals surface area contributed by atoms with Crippen LogP contribution in [0.4, 0.5) is 0 Å². The van der Waals surface area contributed by atoms with Gasteiger partial charge in [0.15, 0.2) is 0 Å². The van der Waals surface area contributed by atoms with Crippen LogP contribution in [0.15, 0.2) is 53.7 Å². The minimum absolute atomic E-state index is 0. The van der Waals surface area contributed by atoms with E-state index in [0.717, 1.165) is 24.2 Å². The molecular weight excluding hydrogens is 330 g/mol. The van der Waals surface area contributed by atoms with Gasteiger partial charge in [0.05, 0.1) is 6.04 Å². The van der Waals surface area contributed by atoms with Crippen LogP contribution in [-0.4, -0.2) is 41.7 Å². The first-order valence-corrected chi connectivity index (χ1v) is 8.58. The van der Waals surface area contributed by atoms with E-state index in [2.05, 4.69) is 10.3 Å². The second kappa shape index (κ2) is 8.34. The van der Waals surface area contributed by atoms with E-state index >= 15 is 0 Å². The lowest BCUT2D eigenvalue weighted by Crippen LogP contribution is -2.48. The topological polar surface area (TPSA) is 45.2 Å². The van der Waals surface area contributed by atoms with Gasteiger partial charge in [-0.1, -0.05) is 6.07 Å². The van der Waals surface area contributed by atoms with Crippen LogP contribution in [0, 0.1) is 0 Å². The number of nitrogens with one attached hydrogen (secondary N) is 1. The molecule has 2 aromatic rings. The van der Waals surface area contributed by atoms with E-state index < -0.39 is 0 Å². The lowest BCUT2D eigenvalue weighted by molar-refractivity contribution is 0.0634. The monoisotopic (exact) mass is 349 g/mol. The molecule has 0 bridgehead atoms. The van der Waals surface area contributed by atoms with Gasteiger partial charge in [-0.15, -0.1) is 24.2 Å². The predicted octanol–water partition coefficient (Wildman–Crippen LogP) is 3.01. The minimum Gasteiger partial charge on any atom is -0.329 e. The molecule has 0 aliphatic carbocycles. The van der Waals surface area contributed by atoms with Crippen LogP contribution in [0.5, 0.6) is 0 Å². The molecule has 1 atom stereocenters. The number of hydrogen-bond donors (Lipinski definition) is 1. The number of halogens is 1. The Labute approximate surface area is 147 Å². The van der Waals surface area contributed by atoms with Gasteiger partial charge in [0.1, 0.15) is 0 Å². The van der Waals surface area contributed by atoms with Crippen LogP contribution in [-0.2, 0) is 0 Å². The highest BCUT2D eigenvalue weighted by Crippen LogP contribution is 2.24. The molecule has 1 aliphatic heterocycles. The van der Waals surface area contributed by atoms with E-state index in [0.29, 0.717) is 6.54 Å². The van der Waals surface area contributed by atoms with Crippen molar-refractivity contribution in [3.63, 3.8) is 0 Å². The molecule has 2 heterocycles. The number of benzene rings is 1. The highest BCUT2D eigenvalue weighted by Gasteiger charge is 2.28. The van der Waals surface area contributed by atoms with Crippen LogP contribution >= 0.6 is 24.2 Å². The molecule has 4 nitrogen and oxygen atoms in total. The molecule has 1 aromatic carbocycles. The Morgan fingerprint density at radius 3 is 2.74 bits per heavy atom. The average Bonchev–Trinajstić information content (AvgIpc) is 2.62. The summed E-state index contributed by atoms with van der Waals surface area (Å²) in [6.07, 6.45) is 5.63. The van der Waals surface area contributed by atoms with Gasteiger partial charge in [0.2, 0.25) is 0 Å². The molecule has 23 heavy (non-hydrogen) atoms. The van der Waals surface area contributed by atoms with Gasteiger partial charge >= 0.3 is 0 Å². The first kappa shape index (κ1) is 17.8. The molecule has 1 saturated heterocycles. The van der Waals surface area contributed by atoms with E-state index in [4.69, 9.17) is 0 Å². The fourth-order valence-electron chi connectivity index (χ4n) is 2.72. The zero-order chi connectivity index (χ0) is 15.4. The fraction of sp³-hybridized carbons (Fsp3) is 0.294. The molecule has 3 rings (SSSR count). The van der Waals surface area contributed by atoms with E-state index in [9.17, 15) is 4.79 Å². The second-order valence-corrected chi connectivity index (χ2v) is 6.11. The molecule has 1 aromatic heterocycles. The zero-order valence-electron chi connectivity index (χ0n) is 12.9. The van der Waals surface area contributed by atoms with Gasteiger partial charge in [-0.2, -0.15) is 0 Å². The smallest absolute Gasteiger partial charge is 0.254 e. The summed E-state index contributed by atoms with van der Waals surface area (Å²) in [5.41, 5.74) is 1.82. The number of piperazine rings is 1. The first-order chi connectivity index (χ1) is 10.8. The molecule has 1 aliphatic rings. The lowest BCUT2D eigenvalue weighted by atomic mass is 10.0. The Morgan fingerprint density at radius 1 is 1.30 bits per heavy atom. The van der Waals surface area contributed by atoms with Crippen LogP contribution in [0.3, 0.4) is 0 Å². The number of pyridine rings is 1. The predicted molar refractivity (Wildman–Crippen MR) is 96.4 cm³/mol. The highest BCUT2D eigenvalue weighted by molar-refractivity contribution is 7.98. The maximum Gasteiger partial charge on any atom is 0.254 e. The minimum atomic E-state index is 0. The van der Waals surface area contributed by atoms with Crippen molar-refractivity contribution in [2.24, 2.45) is 0 Å². The molecular formula is C17H20ClN3OS. The molecule has 0 radical (unpaired) electrons. The summed E-state index contributed by atoms with van der Waals surface area (Å²) < 4.78 is 0. The molecule has 0 saturated carbocycles. The van der Waals surface area contributed by atoms with Crippen molar-refractivity contribution in [2.75, 3.05) is 25.9 Å². The van der Waals surface area contributed by atoms with Crippen molar-refractivity contribution >= 4 is 30.1 Å². The number of aromatic nitrogens is 1. The number of carbonyl (C=O) groups excluding carboxylic acids is 1. The van der Waals surface area contributed by atoms with Crippen molar-refractivity contribution in [1.82, 2.24) is 15.2 Å². The largest absolute Gasteiger partial charge is 0.329 e. The Bertz CT molecular complexity index is 636. The fourth-order valence-corrected chi connectivity index (χ4v) is 3.13. The van der Waals surface area contributed by atoms with Gasteiger partial charge in [0, 0.05) is 42.5 Å². The average molecular weight is 350 g/mol. The quantitative estimate of drug-likeness (QED) is 0.865. The molecule has 1 amide bonds. The third kappa shape index (κ3) is 4.05. The van der Waals surface area contributed by atoms with Gasteiger partial charge in [-0.05, 0) is 42.2 Å². The lowest BCUT2D eigenvalue weighted by Gasteiger charge is -2.36. The van der Waals surface area contributed by atoms with Crippen LogP contribution < -0.4 is 5.32 Å². The second-order valence-electron chi connectivity index (χ2n) is 5.23. The van der Waals surface area contributed by atoms with E-state index in [1.807, 2.05) is 53.8 Å². The summed E-state index contributed by atoms with van der Waals surface area (Å²) >= 11 is 1.68. The summed E-state index contributed by atoms with van der Waals surface area (Å²) in [4.78, 5) is 20.1. The number of amides is 1. The SMILES string of the molecule is CSc1ccc(C(=O)N2CCNCC2c2cccnc2)cc1.Cl. The number of nitrogens with zero attached hydrogens (tertiary/aromatic N) is 2. The number of rotatable bonds is 3. The molecule has 0 spiro atoms. The van der Waals surface area contributed by atoms with Crippen molar-refractivity contribution < 1.29 is 4.79 Å². The molecule has 1 unspecified atom stereocenters. The number of carbonyl (C=O) groups is 1. The van der Waals surface area contributed by atoms with Gasteiger partial charge in [-0.25, -0.2) is 0 Å². The summed E-state index contributed by atoms with van der Waals surface area (Å²) in [5.74, 6) is 0.0861.